The quantitative estimate of drug-likeness (QED) is 0.625. The van der Waals surface area contributed by atoms with Gasteiger partial charge in [-0.2, -0.15) is 5.10 Å². The monoisotopic (exact) mass is 376 g/mol. The van der Waals surface area contributed by atoms with Gasteiger partial charge in [-0.05, 0) is 51.1 Å². The van der Waals surface area contributed by atoms with Crippen molar-refractivity contribution in [1.29, 1.82) is 0 Å². The van der Waals surface area contributed by atoms with Crippen LogP contribution in [0.4, 0.5) is 5.82 Å². The van der Waals surface area contributed by atoms with E-state index in [1.54, 1.807) is 6.20 Å². The average molecular weight is 377 g/mol. The van der Waals surface area contributed by atoms with Crippen LogP contribution in [-0.2, 0) is 16.1 Å². The first-order valence-electron chi connectivity index (χ1n) is 10.2. The summed E-state index contributed by atoms with van der Waals surface area (Å²) in [5.41, 5.74) is 0. The predicted octanol–water partition coefficient (Wildman–Crippen LogP) is 0.812. The molecule has 0 bridgehead atoms. The first kappa shape index (κ1) is 19.8. The number of piperidine rings is 1. The van der Waals surface area contributed by atoms with Crippen molar-refractivity contribution in [1.82, 2.24) is 25.3 Å². The molecule has 3 N–H and O–H groups in total. The van der Waals surface area contributed by atoms with E-state index in [0.29, 0.717) is 19.0 Å². The fourth-order valence-corrected chi connectivity index (χ4v) is 3.95. The van der Waals surface area contributed by atoms with Crippen LogP contribution in [0.25, 0.3) is 0 Å². The summed E-state index contributed by atoms with van der Waals surface area (Å²) in [6.07, 6.45) is 6.84. The van der Waals surface area contributed by atoms with E-state index in [4.69, 9.17) is 0 Å². The summed E-state index contributed by atoms with van der Waals surface area (Å²) in [6, 6.07) is 1.81. The molecule has 150 valence electrons. The van der Waals surface area contributed by atoms with Crippen LogP contribution in [0.3, 0.4) is 0 Å². The van der Waals surface area contributed by atoms with Crippen LogP contribution in [-0.4, -0.2) is 65.3 Å². The van der Waals surface area contributed by atoms with Crippen molar-refractivity contribution in [3.8, 4) is 0 Å². The molecular formula is C19H32N6O2. The summed E-state index contributed by atoms with van der Waals surface area (Å²) in [6.45, 7) is 6.66. The summed E-state index contributed by atoms with van der Waals surface area (Å²) in [5.74, 6) is 1.27. The number of hydrogen-bond donors (Lipinski definition) is 3. The summed E-state index contributed by atoms with van der Waals surface area (Å²) in [7, 11) is 0. The summed E-state index contributed by atoms with van der Waals surface area (Å²) < 4.78 is 1.82. The molecule has 2 atom stereocenters. The molecule has 0 aliphatic carbocycles. The highest BCUT2D eigenvalue weighted by molar-refractivity contribution is 5.91. The lowest BCUT2D eigenvalue weighted by Crippen LogP contribution is -2.46. The van der Waals surface area contributed by atoms with E-state index >= 15 is 0 Å². The average Bonchev–Trinajstić information content (AvgIpc) is 3.33. The topological polar surface area (TPSA) is 91.3 Å². The minimum atomic E-state index is -0.0246. The Morgan fingerprint density at radius 2 is 2.22 bits per heavy atom. The van der Waals surface area contributed by atoms with Gasteiger partial charge in [0.2, 0.25) is 11.8 Å². The van der Waals surface area contributed by atoms with Gasteiger partial charge in [-0.3, -0.25) is 14.5 Å². The van der Waals surface area contributed by atoms with Gasteiger partial charge >= 0.3 is 0 Å². The molecule has 0 spiro atoms. The van der Waals surface area contributed by atoms with E-state index in [9.17, 15) is 9.59 Å². The maximum Gasteiger partial charge on any atom is 0.239 e. The van der Waals surface area contributed by atoms with E-state index in [1.165, 1.54) is 0 Å². The number of anilines is 1. The van der Waals surface area contributed by atoms with E-state index in [2.05, 4.69) is 32.9 Å². The minimum Gasteiger partial charge on any atom is -0.354 e. The van der Waals surface area contributed by atoms with Crippen molar-refractivity contribution in [2.24, 2.45) is 5.92 Å². The zero-order valence-corrected chi connectivity index (χ0v) is 16.2. The number of nitrogens with zero attached hydrogens (tertiary/aromatic N) is 3. The number of amides is 2. The first-order chi connectivity index (χ1) is 13.2. The maximum absolute atomic E-state index is 12.4. The normalized spacial score (nSPS) is 23.3. The Kier molecular flexibility index (Phi) is 7.23. The van der Waals surface area contributed by atoms with Gasteiger partial charge in [0, 0.05) is 25.7 Å². The maximum atomic E-state index is 12.4. The molecule has 3 rings (SSSR count). The van der Waals surface area contributed by atoms with E-state index in [0.717, 1.165) is 64.1 Å². The molecule has 8 heteroatoms. The van der Waals surface area contributed by atoms with Gasteiger partial charge in [0.15, 0.2) is 0 Å². The van der Waals surface area contributed by atoms with Crippen molar-refractivity contribution in [3.63, 3.8) is 0 Å². The Labute approximate surface area is 161 Å². The third kappa shape index (κ3) is 5.77. The Bertz CT molecular complexity index is 625. The molecule has 2 aliphatic rings. The number of nitrogens with one attached hydrogen (secondary N) is 3. The number of carbonyl (C=O) groups is 2. The molecule has 2 unspecified atom stereocenters. The lowest BCUT2D eigenvalue weighted by atomic mass is 9.98. The van der Waals surface area contributed by atoms with Crippen LogP contribution in [0.15, 0.2) is 12.3 Å². The highest BCUT2D eigenvalue weighted by atomic mass is 16.2. The lowest BCUT2D eigenvalue weighted by molar-refractivity contribution is -0.123. The van der Waals surface area contributed by atoms with Crippen molar-refractivity contribution in [3.05, 3.63) is 12.3 Å². The Hall–Kier alpha value is -1.93. The van der Waals surface area contributed by atoms with Crippen molar-refractivity contribution in [2.45, 2.75) is 51.6 Å². The van der Waals surface area contributed by atoms with Crippen LogP contribution in [0, 0.1) is 5.92 Å². The molecule has 3 heterocycles. The number of aryl methyl sites for hydroxylation is 1. The van der Waals surface area contributed by atoms with Crippen molar-refractivity contribution in [2.75, 3.05) is 38.0 Å². The third-order valence-corrected chi connectivity index (χ3v) is 5.33. The van der Waals surface area contributed by atoms with Crippen LogP contribution in [0.1, 0.15) is 39.0 Å². The van der Waals surface area contributed by atoms with Crippen LogP contribution < -0.4 is 16.0 Å². The number of likely N-dealkylation sites (tertiary alicyclic amines) is 1. The van der Waals surface area contributed by atoms with Gasteiger partial charge in [-0.25, -0.2) is 4.68 Å². The summed E-state index contributed by atoms with van der Waals surface area (Å²) in [5, 5.41) is 13.5. The molecule has 2 fully saturated rings. The van der Waals surface area contributed by atoms with Gasteiger partial charge in [0.1, 0.15) is 5.82 Å². The smallest absolute Gasteiger partial charge is 0.239 e. The Morgan fingerprint density at radius 1 is 1.33 bits per heavy atom. The summed E-state index contributed by atoms with van der Waals surface area (Å²) >= 11 is 0. The largest absolute Gasteiger partial charge is 0.354 e. The van der Waals surface area contributed by atoms with Gasteiger partial charge in [-0.15, -0.1) is 0 Å². The second-order valence-corrected chi connectivity index (χ2v) is 7.63. The van der Waals surface area contributed by atoms with Crippen LogP contribution >= 0.6 is 0 Å². The third-order valence-electron chi connectivity index (χ3n) is 5.33. The van der Waals surface area contributed by atoms with E-state index in [1.807, 2.05) is 10.7 Å². The zero-order chi connectivity index (χ0) is 19.1. The first-order valence-corrected chi connectivity index (χ1v) is 10.2. The Morgan fingerprint density at radius 3 is 3.00 bits per heavy atom. The SMILES string of the molecule is CCCn1nccc1NC(=O)CN1CCCC(CNC(=O)C2CCCN2)C1. The number of hydrogen-bond acceptors (Lipinski definition) is 5. The van der Waals surface area contributed by atoms with Crippen LogP contribution in [0.5, 0.6) is 0 Å². The summed E-state index contributed by atoms with van der Waals surface area (Å²) in [4.78, 5) is 26.7. The van der Waals surface area contributed by atoms with Gasteiger partial charge < -0.3 is 16.0 Å². The number of carbonyl (C=O) groups excluding carboxylic acids is 2. The molecule has 2 saturated heterocycles. The molecular weight excluding hydrogens is 344 g/mol. The molecule has 0 aromatic carbocycles. The van der Waals surface area contributed by atoms with Gasteiger partial charge in [0.25, 0.3) is 0 Å². The Balaban J connectivity index is 1.41. The fraction of sp³-hybridized carbons (Fsp3) is 0.737. The van der Waals surface area contributed by atoms with E-state index in [-0.39, 0.29) is 17.9 Å². The number of aromatic nitrogens is 2. The molecule has 2 amide bonds. The molecule has 27 heavy (non-hydrogen) atoms. The highest BCUT2D eigenvalue weighted by Crippen LogP contribution is 2.16. The number of rotatable bonds is 8. The molecule has 2 aliphatic heterocycles. The van der Waals surface area contributed by atoms with Crippen molar-refractivity contribution >= 4 is 17.6 Å². The molecule has 0 saturated carbocycles. The predicted molar refractivity (Wildman–Crippen MR) is 104 cm³/mol. The second-order valence-electron chi connectivity index (χ2n) is 7.63. The zero-order valence-electron chi connectivity index (χ0n) is 16.2. The molecule has 0 radical (unpaired) electrons. The van der Waals surface area contributed by atoms with Gasteiger partial charge in [-0.1, -0.05) is 6.92 Å². The standard InChI is InChI=1S/C19H32N6O2/c1-2-10-25-17(7-9-22-25)23-18(26)14-24-11-4-5-15(13-24)12-21-19(27)16-6-3-8-20-16/h7,9,15-16,20H,2-6,8,10-14H2,1H3,(H,21,27)(H,23,26). The minimum absolute atomic E-state index is 0.00676. The lowest BCUT2D eigenvalue weighted by Gasteiger charge is -2.32. The van der Waals surface area contributed by atoms with E-state index < -0.39 is 0 Å². The molecule has 8 nitrogen and oxygen atoms in total. The molecule has 1 aromatic heterocycles. The second kappa shape index (κ2) is 9.85. The van der Waals surface area contributed by atoms with Gasteiger partial charge in [0.05, 0.1) is 18.8 Å². The molecule has 1 aromatic rings. The van der Waals surface area contributed by atoms with Crippen molar-refractivity contribution < 1.29 is 9.59 Å². The highest BCUT2D eigenvalue weighted by Gasteiger charge is 2.25. The van der Waals surface area contributed by atoms with Crippen LogP contribution in [0.2, 0.25) is 0 Å². The fourth-order valence-electron chi connectivity index (χ4n) is 3.95.